The second kappa shape index (κ2) is 9.93. The maximum atomic E-state index is 13.6. The van der Waals surface area contributed by atoms with E-state index in [0.29, 0.717) is 40.5 Å². The van der Waals surface area contributed by atoms with Crippen LogP contribution in [0.3, 0.4) is 0 Å². The van der Waals surface area contributed by atoms with Crippen molar-refractivity contribution in [3.8, 4) is 11.5 Å². The third-order valence-electron chi connectivity index (χ3n) is 5.29. The van der Waals surface area contributed by atoms with Gasteiger partial charge in [-0.25, -0.2) is 9.79 Å². The molecule has 0 radical (unpaired) electrons. The summed E-state index contributed by atoms with van der Waals surface area (Å²) in [6.45, 7) is 3.64. The minimum atomic E-state index is -0.777. The Morgan fingerprint density at radius 3 is 2.76 bits per heavy atom. The summed E-state index contributed by atoms with van der Waals surface area (Å²) in [6.07, 6.45) is 1.71. The van der Waals surface area contributed by atoms with Crippen molar-refractivity contribution in [1.82, 2.24) is 4.57 Å². The number of methoxy groups -OCH3 is 1. The first-order valence-corrected chi connectivity index (χ1v) is 12.5. The molecule has 1 aliphatic heterocycles. The first-order chi connectivity index (χ1) is 16.3. The van der Waals surface area contributed by atoms with E-state index in [1.807, 2.05) is 22.6 Å². The molecule has 0 fully saturated rings. The molecule has 10 heteroatoms. The zero-order valence-corrected chi connectivity index (χ0v) is 22.2. The summed E-state index contributed by atoms with van der Waals surface area (Å²) < 4.78 is 13.0. The van der Waals surface area contributed by atoms with Crippen LogP contribution in [0.2, 0.25) is 5.02 Å². The number of esters is 1. The minimum Gasteiger partial charge on any atom is -0.504 e. The highest BCUT2D eigenvalue weighted by Crippen LogP contribution is 2.35. The summed E-state index contributed by atoms with van der Waals surface area (Å²) >= 11 is 9.72. The highest BCUT2D eigenvalue weighted by atomic mass is 127. The van der Waals surface area contributed by atoms with Crippen LogP contribution < -0.4 is 19.6 Å². The summed E-state index contributed by atoms with van der Waals surface area (Å²) in [5.41, 5.74) is 1.71. The maximum absolute atomic E-state index is 13.6. The molecule has 1 aromatic heterocycles. The number of nitrogens with zero attached hydrogens (tertiary/aromatic N) is 2. The lowest BCUT2D eigenvalue weighted by molar-refractivity contribution is -0.139. The average molecular weight is 611 g/mol. The topological polar surface area (TPSA) is 90.1 Å². The van der Waals surface area contributed by atoms with Crippen LogP contribution in [0.15, 0.2) is 57.5 Å². The van der Waals surface area contributed by atoms with Crippen molar-refractivity contribution in [3.63, 3.8) is 0 Å². The monoisotopic (exact) mass is 610 g/mol. The Morgan fingerprint density at radius 1 is 1.35 bits per heavy atom. The number of hydrogen-bond acceptors (Lipinski definition) is 7. The zero-order valence-electron chi connectivity index (χ0n) is 18.5. The Balaban J connectivity index is 1.98. The van der Waals surface area contributed by atoms with Crippen LogP contribution in [0.25, 0.3) is 6.08 Å². The van der Waals surface area contributed by atoms with Crippen molar-refractivity contribution in [2.45, 2.75) is 19.9 Å². The quantitative estimate of drug-likeness (QED) is 0.351. The number of ether oxygens (including phenoxy) is 2. The van der Waals surface area contributed by atoms with Crippen LogP contribution in [-0.2, 0) is 9.53 Å². The van der Waals surface area contributed by atoms with Gasteiger partial charge in [-0.3, -0.25) is 9.36 Å². The Labute approximate surface area is 217 Å². The van der Waals surface area contributed by atoms with Gasteiger partial charge in [-0.05, 0) is 71.8 Å². The first kappa shape index (κ1) is 24.5. The van der Waals surface area contributed by atoms with Gasteiger partial charge >= 0.3 is 5.97 Å². The number of benzene rings is 2. The van der Waals surface area contributed by atoms with Crippen LogP contribution in [-0.4, -0.2) is 29.4 Å². The number of aromatic hydroxyl groups is 1. The van der Waals surface area contributed by atoms with Gasteiger partial charge in [0.05, 0.1) is 33.1 Å². The Hall–Kier alpha value is -2.63. The molecular formula is C24H20ClIN2O5S. The van der Waals surface area contributed by atoms with Gasteiger partial charge in [0.25, 0.3) is 5.56 Å². The largest absolute Gasteiger partial charge is 0.504 e. The molecule has 4 rings (SSSR count). The Morgan fingerprint density at radius 2 is 2.09 bits per heavy atom. The highest BCUT2D eigenvalue weighted by molar-refractivity contribution is 14.1. The van der Waals surface area contributed by atoms with Gasteiger partial charge in [0, 0.05) is 5.02 Å². The van der Waals surface area contributed by atoms with E-state index >= 15 is 0 Å². The molecule has 0 aliphatic carbocycles. The van der Waals surface area contributed by atoms with E-state index < -0.39 is 12.0 Å². The summed E-state index contributed by atoms with van der Waals surface area (Å²) in [5.74, 6) is -0.198. The molecule has 2 heterocycles. The molecule has 7 nitrogen and oxygen atoms in total. The van der Waals surface area contributed by atoms with Crippen LogP contribution in [0, 0.1) is 3.57 Å². The number of hydrogen-bond donors (Lipinski definition) is 1. The maximum Gasteiger partial charge on any atom is 0.338 e. The number of allylic oxidation sites excluding steroid dienone is 1. The lowest BCUT2D eigenvalue weighted by Gasteiger charge is -2.25. The standard InChI is InChI=1S/C24H20ClIN2O5S/c1-4-33-23(31)19-12(2)27-24-28(20(19)14-7-5-6-8-15(14)25)22(30)18(34-24)11-13-9-16(26)21(29)17(10-13)32-3/h5-11,20,29H,4H2,1-3H3/b18-11-/t20-/m0/s1. The van der Waals surface area contributed by atoms with Gasteiger partial charge < -0.3 is 14.6 Å². The third kappa shape index (κ3) is 4.39. The van der Waals surface area contributed by atoms with Gasteiger partial charge in [-0.2, -0.15) is 0 Å². The predicted molar refractivity (Wildman–Crippen MR) is 139 cm³/mol. The van der Waals surface area contributed by atoms with Crippen molar-refractivity contribution in [2.24, 2.45) is 4.99 Å². The lowest BCUT2D eigenvalue weighted by Crippen LogP contribution is -2.40. The molecule has 34 heavy (non-hydrogen) atoms. The zero-order chi connectivity index (χ0) is 24.6. The Kier molecular flexibility index (Phi) is 7.15. The molecule has 0 unspecified atom stereocenters. The number of carbonyl (C=O) groups excluding carboxylic acids is 1. The van der Waals surface area contributed by atoms with Crippen LogP contribution >= 0.6 is 45.5 Å². The first-order valence-electron chi connectivity index (χ1n) is 10.3. The van der Waals surface area contributed by atoms with Crippen molar-refractivity contribution in [2.75, 3.05) is 13.7 Å². The molecule has 176 valence electrons. The minimum absolute atomic E-state index is 0.0372. The molecule has 0 saturated heterocycles. The lowest BCUT2D eigenvalue weighted by atomic mass is 9.96. The van der Waals surface area contributed by atoms with Gasteiger partial charge in [0.2, 0.25) is 0 Å². The van der Waals surface area contributed by atoms with Gasteiger partial charge in [0.1, 0.15) is 6.04 Å². The number of phenolic OH excluding ortho intramolecular Hbond substituents is 1. The van der Waals surface area contributed by atoms with Crippen LogP contribution in [0.4, 0.5) is 0 Å². The molecule has 1 aliphatic rings. The summed E-state index contributed by atoms with van der Waals surface area (Å²) in [5, 5.41) is 10.6. The number of carbonyl (C=O) groups is 1. The average Bonchev–Trinajstić information content (AvgIpc) is 3.10. The third-order valence-corrected chi connectivity index (χ3v) is 7.43. The number of phenols is 1. The summed E-state index contributed by atoms with van der Waals surface area (Å²) in [6, 6.07) is 9.72. The summed E-state index contributed by atoms with van der Waals surface area (Å²) in [7, 11) is 1.46. The van der Waals surface area contributed by atoms with Crippen molar-refractivity contribution in [1.29, 1.82) is 0 Å². The van der Waals surface area contributed by atoms with Crippen LogP contribution in [0.1, 0.15) is 31.0 Å². The van der Waals surface area contributed by atoms with Gasteiger partial charge in [0.15, 0.2) is 16.3 Å². The summed E-state index contributed by atoms with van der Waals surface area (Å²) in [4.78, 5) is 31.6. The fraction of sp³-hybridized carbons (Fsp3) is 0.208. The fourth-order valence-electron chi connectivity index (χ4n) is 3.77. The van der Waals surface area contributed by atoms with E-state index in [0.717, 1.165) is 0 Å². The van der Waals surface area contributed by atoms with Gasteiger partial charge in [-0.1, -0.05) is 41.1 Å². The highest BCUT2D eigenvalue weighted by Gasteiger charge is 2.34. The molecule has 2 aromatic carbocycles. The molecule has 1 N–H and O–H groups in total. The van der Waals surface area contributed by atoms with E-state index in [2.05, 4.69) is 4.99 Å². The van der Waals surface area contributed by atoms with E-state index in [-0.39, 0.29) is 23.5 Å². The van der Waals surface area contributed by atoms with Gasteiger partial charge in [-0.15, -0.1) is 0 Å². The molecule has 0 saturated carbocycles. The van der Waals surface area contributed by atoms with E-state index in [4.69, 9.17) is 21.1 Å². The number of thiazole rings is 1. The number of halogens is 2. The SMILES string of the molecule is CCOC(=O)C1=C(C)N=c2s/c(=C\c3cc(I)c(O)c(OC)c3)c(=O)n2[C@H]1c1ccccc1Cl. The van der Waals surface area contributed by atoms with E-state index in [9.17, 15) is 14.7 Å². The van der Waals surface area contributed by atoms with E-state index in [1.54, 1.807) is 56.3 Å². The fourth-order valence-corrected chi connectivity index (χ4v) is 5.68. The second-order valence-electron chi connectivity index (χ2n) is 7.38. The number of rotatable bonds is 5. The normalized spacial score (nSPS) is 15.7. The van der Waals surface area contributed by atoms with Crippen molar-refractivity contribution in [3.05, 3.63) is 87.1 Å². The smallest absolute Gasteiger partial charge is 0.338 e. The van der Waals surface area contributed by atoms with Crippen molar-refractivity contribution >= 4 is 57.6 Å². The predicted octanol–water partition coefficient (Wildman–Crippen LogP) is 3.77. The molecule has 3 aromatic rings. The second-order valence-corrected chi connectivity index (χ2v) is 9.96. The van der Waals surface area contributed by atoms with E-state index in [1.165, 1.54) is 23.0 Å². The molecule has 0 bridgehead atoms. The molecule has 0 amide bonds. The molecular weight excluding hydrogens is 591 g/mol. The Bertz CT molecular complexity index is 1510. The molecule has 1 atom stereocenters. The van der Waals surface area contributed by atoms with Crippen LogP contribution in [0.5, 0.6) is 11.5 Å². The molecule has 0 spiro atoms. The van der Waals surface area contributed by atoms with Crippen molar-refractivity contribution < 1.29 is 19.4 Å². The number of fused-ring (bicyclic) bond motifs is 1. The number of aromatic nitrogens is 1.